The molecule has 1 heterocycles. The maximum Gasteiger partial charge on any atom is 0.271 e. The largest absolute Gasteiger partial charge is 0.271 e. The van der Waals surface area contributed by atoms with Gasteiger partial charge in [0.15, 0.2) is 0 Å². The first-order valence-electron chi connectivity index (χ1n) is 8.26. The second-order valence-corrected chi connectivity index (χ2v) is 8.86. The molecule has 1 saturated heterocycles. The van der Waals surface area contributed by atoms with Crippen LogP contribution in [0.1, 0.15) is 28.8 Å². The highest BCUT2D eigenvalue weighted by atomic mass is 79.9. The molecule has 9 heteroatoms. The van der Waals surface area contributed by atoms with E-state index < -0.39 is 21.7 Å². The van der Waals surface area contributed by atoms with Gasteiger partial charge in [-0.15, -0.1) is 0 Å². The fraction of sp³-hybridized carbons (Fsp3) is 0.222. The number of nitrogens with zero attached hydrogens (tertiary/aromatic N) is 2. The molecule has 1 N–H and O–H groups in total. The molecule has 0 atom stereocenters. The van der Waals surface area contributed by atoms with Gasteiger partial charge in [0.25, 0.3) is 5.91 Å². The Morgan fingerprint density at radius 2 is 1.93 bits per heavy atom. The van der Waals surface area contributed by atoms with Gasteiger partial charge in [0.2, 0.25) is 10.0 Å². The van der Waals surface area contributed by atoms with Crippen LogP contribution in [0.15, 0.2) is 56.9 Å². The van der Waals surface area contributed by atoms with E-state index in [1.54, 1.807) is 6.07 Å². The lowest BCUT2D eigenvalue weighted by molar-refractivity contribution is 0.0955. The standard InChI is InChI=1S/C18H17BrFN3O3S/c19-15-6-7-17(20)14(10-15)12-21-22-18(24)13-4-3-5-16(11-13)27(25,26)23-8-1-2-9-23/h3-7,10-12H,1-2,8-9H2,(H,22,24)/b21-12+. The summed E-state index contributed by atoms with van der Waals surface area (Å²) in [5.74, 6) is -1.06. The van der Waals surface area contributed by atoms with Gasteiger partial charge in [0, 0.05) is 28.7 Å². The molecule has 27 heavy (non-hydrogen) atoms. The second-order valence-electron chi connectivity index (χ2n) is 6.00. The maximum absolute atomic E-state index is 13.7. The average Bonchev–Trinajstić information content (AvgIpc) is 3.20. The molecule has 142 valence electrons. The number of sulfonamides is 1. The van der Waals surface area contributed by atoms with E-state index in [2.05, 4.69) is 26.5 Å². The van der Waals surface area contributed by atoms with E-state index >= 15 is 0 Å². The van der Waals surface area contributed by atoms with Gasteiger partial charge in [-0.2, -0.15) is 9.41 Å². The topological polar surface area (TPSA) is 78.8 Å². The third kappa shape index (κ3) is 4.60. The van der Waals surface area contributed by atoms with Crippen LogP contribution in [0.2, 0.25) is 0 Å². The van der Waals surface area contributed by atoms with Crippen molar-refractivity contribution in [1.29, 1.82) is 0 Å². The molecule has 3 rings (SSSR count). The highest BCUT2D eigenvalue weighted by molar-refractivity contribution is 9.10. The molecule has 0 saturated carbocycles. The van der Waals surface area contributed by atoms with Gasteiger partial charge < -0.3 is 0 Å². The molecule has 1 amide bonds. The molecule has 1 aliphatic heterocycles. The van der Waals surface area contributed by atoms with E-state index in [-0.39, 0.29) is 16.0 Å². The summed E-state index contributed by atoms with van der Waals surface area (Å²) in [5, 5.41) is 3.74. The molecular weight excluding hydrogens is 437 g/mol. The Morgan fingerprint density at radius 1 is 1.19 bits per heavy atom. The van der Waals surface area contributed by atoms with E-state index in [4.69, 9.17) is 0 Å². The van der Waals surface area contributed by atoms with Crippen molar-refractivity contribution < 1.29 is 17.6 Å². The van der Waals surface area contributed by atoms with Crippen LogP contribution >= 0.6 is 15.9 Å². The van der Waals surface area contributed by atoms with Gasteiger partial charge in [-0.3, -0.25) is 4.79 Å². The van der Waals surface area contributed by atoms with Crippen LogP contribution in [-0.4, -0.2) is 37.9 Å². The van der Waals surface area contributed by atoms with Gasteiger partial charge in [0.05, 0.1) is 11.1 Å². The lowest BCUT2D eigenvalue weighted by atomic mass is 10.2. The van der Waals surface area contributed by atoms with Crippen molar-refractivity contribution in [3.8, 4) is 0 Å². The van der Waals surface area contributed by atoms with Gasteiger partial charge in [-0.05, 0) is 49.2 Å². The Labute approximate surface area is 165 Å². The first kappa shape index (κ1) is 19.7. The quantitative estimate of drug-likeness (QED) is 0.557. The Hall–Kier alpha value is -2.10. The van der Waals surface area contributed by atoms with Crippen molar-refractivity contribution in [2.45, 2.75) is 17.7 Å². The van der Waals surface area contributed by atoms with Crippen LogP contribution < -0.4 is 5.43 Å². The Bertz CT molecular complexity index is 989. The number of benzene rings is 2. The van der Waals surface area contributed by atoms with Gasteiger partial charge >= 0.3 is 0 Å². The number of rotatable bonds is 5. The SMILES string of the molecule is O=C(N/N=C/c1cc(Br)ccc1F)c1cccc(S(=O)(=O)N2CCCC2)c1. The maximum atomic E-state index is 13.7. The van der Waals surface area contributed by atoms with E-state index in [1.165, 1.54) is 46.9 Å². The summed E-state index contributed by atoms with van der Waals surface area (Å²) in [7, 11) is -3.61. The summed E-state index contributed by atoms with van der Waals surface area (Å²) in [6.07, 6.45) is 2.85. The molecule has 2 aromatic carbocycles. The molecule has 1 aliphatic rings. The lowest BCUT2D eigenvalue weighted by Crippen LogP contribution is -2.28. The van der Waals surface area contributed by atoms with Crippen LogP contribution in [0.25, 0.3) is 0 Å². The molecule has 0 unspecified atom stereocenters. The Morgan fingerprint density at radius 3 is 2.67 bits per heavy atom. The third-order valence-electron chi connectivity index (χ3n) is 4.13. The third-order valence-corrected chi connectivity index (χ3v) is 6.51. The van der Waals surface area contributed by atoms with Crippen LogP contribution in [0.5, 0.6) is 0 Å². The molecule has 2 aromatic rings. The number of amides is 1. The number of hydrogen-bond donors (Lipinski definition) is 1. The lowest BCUT2D eigenvalue weighted by Gasteiger charge is -2.15. The fourth-order valence-electron chi connectivity index (χ4n) is 2.71. The predicted octanol–water partition coefficient (Wildman–Crippen LogP) is 3.14. The minimum absolute atomic E-state index is 0.0686. The minimum atomic E-state index is -3.61. The second kappa shape index (κ2) is 8.28. The number of carbonyl (C=O) groups is 1. The van der Waals surface area contributed by atoms with Crippen molar-refractivity contribution in [1.82, 2.24) is 9.73 Å². The molecule has 0 bridgehead atoms. The number of hydrazone groups is 1. The summed E-state index contributed by atoms with van der Waals surface area (Å²) in [4.78, 5) is 12.3. The summed E-state index contributed by atoms with van der Waals surface area (Å²) in [6.45, 7) is 0.975. The smallest absolute Gasteiger partial charge is 0.267 e. The normalized spacial score (nSPS) is 15.3. The Kier molecular flexibility index (Phi) is 6.03. The number of nitrogens with one attached hydrogen (secondary N) is 1. The first-order valence-corrected chi connectivity index (χ1v) is 10.5. The monoisotopic (exact) mass is 453 g/mol. The number of hydrogen-bond acceptors (Lipinski definition) is 4. The summed E-state index contributed by atoms with van der Waals surface area (Å²) < 4.78 is 40.9. The highest BCUT2D eigenvalue weighted by Gasteiger charge is 2.27. The van der Waals surface area contributed by atoms with Crippen molar-refractivity contribution >= 4 is 38.1 Å². The first-order chi connectivity index (χ1) is 12.9. The van der Waals surface area contributed by atoms with Gasteiger partial charge in [-0.25, -0.2) is 18.2 Å². The molecule has 1 fully saturated rings. The zero-order valence-electron chi connectivity index (χ0n) is 14.2. The molecule has 0 radical (unpaired) electrons. The fourth-order valence-corrected chi connectivity index (χ4v) is 4.66. The van der Waals surface area contributed by atoms with E-state index in [1.807, 2.05) is 0 Å². The van der Waals surface area contributed by atoms with Crippen molar-refractivity contribution in [2.75, 3.05) is 13.1 Å². The molecule has 0 aliphatic carbocycles. The average molecular weight is 454 g/mol. The van der Waals surface area contributed by atoms with Gasteiger partial charge in [0.1, 0.15) is 5.82 Å². The molecule has 0 spiro atoms. The summed E-state index contributed by atoms with van der Waals surface area (Å²) >= 11 is 3.23. The van der Waals surface area contributed by atoms with E-state index in [0.29, 0.717) is 17.6 Å². The zero-order valence-corrected chi connectivity index (χ0v) is 16.6. The van der Waals surface area contributed by atoms with Crippen molar-refractivity contribution in [3.05, 3.63) is 63.9 Å². The Balaban J connectivity index is 1.74. The van der Waals surface area contributed by atoms with Crippen LogP contribution in [0.3, 0.4) is 0 Å². The minimum Gasteiger partial charge on any atom is -0.267 e. The van der Waals surface area contributed by atoms with Crippen LogP contribution in [-0.2, 0) is 10.0 Å². The highest BCUT2D eigenvalue weighted by Crippen LogP contribution is 2.21. The predicted molar refractivity (Wildman–Crippen MR) is 104 cm³/mol. The van der Waals surface area contributed by atoms with Crippen LogP contribution in [0.4, 0.5) is 4.39 Å². The van der Waals surface area contributed by atoms with Crippen LogP contribution in [0, 0.1) is 5.82 Å². The van der Waals surface area contributed by atoms with E-state index in [9.17, 15) is 17.6 Å². The van der Waals surface area contributed by atoms with E-state index in [0.717, 1.165) is 12.8 Å². The van der Waals surface area contributed by atoms with Gasteiger partial charge in [-0.1, -0.05) is 22.0 Å². The van der Waals surface area contributed by atoms with Crippen molar-refractivity contribution in [3.63, 3.8) is 0 Å². The molecular formula is C18H17BrFN3O3S. The zero-order chi connectivity index (χ0) is 19.4. The van der Waals surface area contributed by atoms with Crippen molar-refractivity contribution in [2.24, 2.45) is 5.10 Å². The number of carbonyl (C=O) groups excluding carboxylic acids is 1. The molecule has 0 aromatic heterocycles. The summed E-state index contributed by atoms with van der Waals surface area (Å²) in [5.41, 5.74) is 2.64. The summed E-state index contributed by atoms with van der Waals surface area (Å²) in [6, 6.07) is 10.1. The number of halogens is 2. The molecule has 6 nitrogen and oxygen atoms in total.